The first-order valence-electron chi connectivity index (χ1n) is 2.45. The summed E-state index contributed by atoms with van der Waals surface area (Å²) in [5.74, 6) is -0.132. The molecule has 0 saturated carbocycles. The standard InChI is InChI=1S/C6H3Cl3O.K.Na.2H/c7-3-1-4(8)6(10)5(9)2-3;;;;/h1-2,10H;;;;. The van der Waals surface area contributed by atoms with Crippen LogP contribution in [-0.4, -0.2) is 86.0 Å². The summed E-state index contributed by atoms with van der Waals surface area (Å²) in [7, 11) is 0. The third-order valence-corrected chi connectivity index (χ3v) is 1.78. The fraction of sp³-hybridized carbons (Fsp3) is 0. The molecule has 12 heavy (non-hydrogen) atoms. The summed E-state index contributed by atoms with van der Waals surface area (Å²) in [6, 6.07) is 2.84. The van der Waals surface area contributed by atoms with Crippen LogP contribution in [0.1, 0.15) is 0 Å². The SMILES string of the molecule is Oc1c(Cl)cc(Cl)cc1Cl.[KH].[NaH]. The van der Waals surface area contributed by atoms with Crippen LogP contribution >= 0.6 is 34.8 Å². The van der Waals surface area contributed by atoms with E-state index in [-0.39, 0.29) is 96.7 Å². The van der Waals surface area contributed by atoms with Crippen LogP contribution in [-0.2, 0) is 0 Å². The first-order chi connectivity index (χ1) is 4.61. The maximum absolute atomic E-state index is 9.01. The number of phenolic OH excluding ortho intramolecular Hbond substituents is 1. The average molecular weight is 262 g/mol. The monoisotopic (exact) mass is 260 g/mol. The maximum atomic E-state index is 9.01. The molecule has 0 atom stereocenters. The molecule has 1 N–H and O–H groups in total. The van der Waals surface area contributed by atoms with Crippen LogP contribution in [0.3, 0.4) is 0 Å². The fourth-order valence-corrected chi connectivity index (χ4v) is 1.35. The van der Waals surface area contributed by atoms with E-state index in [1.165, 1.54) is 12.1 Å². The molecule has 0 spiro atoms. The van der Waals surface area contributed by atoms with Gasteiger partial charge < -0.3 is 5.11 Å². The zero-order valence-corrected chi connectivity index (χ0v) is 7.00. The van der Waals surface area contributed by atoms with Gasteiger partial charge in [0.1, 0.15) is 0 Å². The third-order valence-electron chi connectivity index (χ3n) is 0.982. The Kier molecular flexibility index (Phi) is 11.0. The van der Waals surface area contributed by atoms with E-state index in [1.807, 2.05) is 0 Å². The molecule has 0 aliphatic heterocycles. The summed E-state index contributed by atoms with van der Waals surface area (Å²) in [5.41, 5.74) is 0. The molecular weight excluding hydrogens is 257 g/mol. The summed E-state index contributed by atoms with van der Waals surface area (Å²) >= 11 is 16.5. The first kappa shape index (κ1) is 16.9. The minimum absolute atomic E-state index is 0. The van der Waals surface area contributed by atoms with E-state index in [9.17, 15) is 0 Å². The van der Waals surface area contributed by atoms with Crippen LogP contribution < -0.4 is 0 Å². The molecule has 6 heteroatoms. The average Bonchev–Trinajstić information content (AvgIpc) is 1.82. The Balaban J connectivity index is 0. The van der Waals surface area contributed by atoms with Crippen molar-refractivity contribution >= 4 is 116 Å². The Hall–Kier alpha value is 2.53. The van der Waals surface area contributed by atoms with Crippen LogP contribution in [0.4, 0.5) is 0 Å². The number of hydrogen-bond donors (Lipinski definition) is 1. The number of phenols is 1. The van der Waals surface area contributed by atoms with Gasteiger partial charge in [0.15, 0.2) is 5.75 Å². The van der Waals surface area contributed by atoms with E-state index < -0.39 is 0 Å². The van der Waals surface area contributed by atoms with Crippen molar-refractivity contribution < 1.29 is 5.11 Å². The Morgan fingerprint density at radius 3 is 1.67 bits per heavy atom. The van der Waals surface area contributed by atoms with Crippen molar-refractivity contribution in [1.29, 1.82) is 0 Å². The molecule has 0 radical (unpaired) electrons. The summed E-state index contributed by atoms with van der Waals surface area (Å²) in [6.45, 7) is 0. The minimum atomic E-state index is -0.132. The van der Waals surface area contributed by atoms with Gasteiger partial charge in [-0.25, -0.2) is 0 Å². The molecule has 0 aromatic heterocycles. The van der Waals surface area contributed by atoms with Gasteiger partial charge in [0, 0.05) is 5.02 Å². The van der Waals surface area contributed by atoms with Gasteiger partial charge in [-0.2, -0.15) is 0 Å². The predicted molar refractivity (Wildman–Crippen MR) is 57.4 cm³/mol. The number of hydrogen-bond acceptors (Lipinski definition) is 1. The molecule has 1 aromatic rings. The molecule has 1 rings (SSSR count). The molecule has 0 unspecified atom stereocenters. The van der Waals surface area contributed by atoms with E-state index >= 15 is 0 Å². The number of rotatable bonds is 0. The molecule has 0 amide bonds. The topological polar surface area (TPSA) is 20.2 Å². The molecular formula is C6H5Cl3KNaO. The van der Waals surface area contributed by atoms with Gasteiger partial charge in [-0.3, -0.25) is 0 Å². The normalized spacial score (nSPS) is 8.25. The number of halogens is 3. The van der Waals surface area contributed by atoms with Gasteiger partial charge in [-0.05, 0) is 12.1 Å². The van der Waals surface area contributed by atoms with Gasteiger partial charge in [-0.15, -0.1) is 0 Å². The Labute approximate surface area is 150 Å². The molecule has 0 fully saturated rings. The number of benzene rings is 1. The van der Waals surface area contributed by atoms with E-state index in [1.54, 1.807) is 0 Å². The van der Waals surface area contributed by atoms with E-state index in [0.717, 1.165) is 0 Å². The van der Waals surface area contributed by atoms with Crippen LogP contribution in [0, 0.1) is 0 Å². The molecule has 0 aliphatic carbocycles. The van der Waals surface area contributed by atoms with Gasteiger partial charge in [0.05, 0.1) is 10.0 Å². The van der Waals surface area contributed by atoms with Crippen molar-refractivity contribution in [3.63, 3.8) is 0 Å². The van der Waals surface area contributed by atoms with Gasteiger partial charge in [0.2, 0.25) is 0 Å². The second-order valence-corrected chi connectivity index (χ2v) is 2.97. The molecule has 58 valence electrons. The van der Waals surface area contributed by atoms with Crippen molar-refractivity contribution in [3.05, 3.63) is 27.2 Å². The van der Waals surface area contributed by atoms with Crippen molar-refractivity contribution in [3.8, 4) is 5.75 Å². The van der Waals surface area contributed by atoms with Crippen LogP contribution in [0.25, 0.3) is 0 Å². The summed E-state index contributed by atoms with van der Waals surface area (Å²) in [4.78, 5) is 0. The Morgan fingerprint density at radius 1 is 1.00 bits per heavy atom. The van der Waals surface area contributed by atoms with Crippen LogP contribution in [0.15, 0.2) is 12.1 Å². The molecule has 1 aromatic carbocycles. The Morgan fingerprint density at radius 2 is 1.33 bits per heavy atom. The van der Waals surface area contributed by atoms with Gasteiger partial charge >= 0.3 is 80.9 Å². The van der Waals surface area contributed by atoms with Crippen molar-refractivity contribution in [1.82, 2.24) is 0 Å². The zero-order chi connectivity index (χ0) is 7.72. The summed E-state index contributed by atoms with van der Waals surface area (Å²) < 4.78 is 0. The second-order valence-electron chi connectivity index (χ2n) is 1.72. The third kappa shape index (κ3) is 4.85. The van der Waals surface area contributed by atoms with Crippen molar-refractivity contribution in [2.24, 2.45) is 0 Å². The van der Waals surface area contributed by atoms with Crippen molar-refractivity contribution in [2.45, 2.75) is 0 Å². The molecule has 0 aliphatic rings. The fourth-order valence-electron chi connectivity index (χ4n) is 0.535. The second kappa shape index (κ2) is 7.77. The quantitative estimate of drug-likeness (QED) is 0.709. The Bertz CT molecular complexity index is 246. The molecule has 0 saturated heterocycles. The summed E-state index contributed by atoms with van der Waals surface area (Å²) in [6.07, 6.45) is 0. The number of aromatic hydroxyl groups is 1. The van der Waals surface area contributed by atoms with E-state index in [2.05, 4.69) is 0 Å². The predicted octanol–water partition coefficient (Wildman–Crippen LogP) is 2.06. The van der Waals surface area contributed by atoms with Gasteiger partial charge in [0.25, 0.3) is 0 Å². The zero-order valence-electron chi connectivity index (χ0n) is 4.74. The van der Waals surface area contributed by atoms with E-state index in [0.29, 0.717) is 5.02 Å². The summed E-state index contributed by atoms with van der Waals surface area (Å²) in [5, 5.41) is 9.75. The molecule has 0 heterocycles. The van der Waals surface area contributed by atoms with Crippen molar-refractivity contribution in [2.75, 3.05) is 0 Å². The first-order valence-corrected chi connectivity index (χ1v) is 3.58. The molecule has 0 bridgehead atoms. The van der Waals surface area contributed by atoms with Crippen LogP contribution in [0.5, 0.6) is 5.75 Å². The molecule has 1 nitrogen and oxygen atoms in total. The van der Waals surface area contributed by atoms with E-state index in [4.69, 9.17) is 39.9 Å². The van der Waals surface area contributed by atoms with Crippen LogP contribution in [0.2, 0.25) is 15.1 Å². The van der Waals surface area contributed by atoms with Gasteiger partial charge in [-0.1, -0.05) is 34.8 Å².